The molecular weight excluding hydrogens is 266 g/mol. The van der Waals surface area contributed by atoms with E-state index in [2.05, 4.69) is 10.6 Å². The number of hydrogen-bond acceptors (Lipinski definition) is 3. The summed E-state index contributed by atoms with van der Waals surface area (Å²) in [6, 6.07) is 5.48. The summed E-state index contributed by atoms with van der Waals surface area (Å²) in [5.74, 6) is -0.119. The minimum absolute atomic E-state index is 0.0864. The topological polar surface area (TPSA) is 63.1 Å². The fourth-order valence-electron chi connectivity index (χ4n) is 2.76. The predicted molar refractivity (Wildman–Crippen MR) is 83.2 cm³/mol. The van der Waals surface area contributed by atoms with Crippen LogP contribution >= 0.6 is 0 Å². The van der Waals surface area contributed by atoms with Gasteiger partial charge in [0, 0.05) is 31.4 Å². The van der Waals surface area contributed by atoms with Crippen molar-refractivity contribution in [3.05, 3.63) is 34.7 Å². The molecule has 1 aromatic rings. The number of carbonyl (C=O) groups excluding carboxylic acids is 1. The van der Waals surface area contributed by atoms with Crippen molar-refractivity contribution in [2.45, 2.75) is 51.1 Å². The van der Waals surface area contributed by atoms with E-state index in [0.717, 1.165) is 6.54 Å². The molecule has 5 heteroatoms. The zero-order valence-corrected chi connectivity index (χ0v) is 12.5. The fourth-order valence-corrected chi connectivity index (χ4v) is 2.76. The first-order valence-electron chi connectivity index (χ1n) is 7.91. The first-order chi connectivity index (χ1) is 10.3. The Morgan fingerprint density at radius 3 is 2.62 bits per heavy atom. The largest absolute Gasteiger partial charge is 0.353 e. The Balaban J connectivity index is 1.63. The molecule has 0 unspecified atom stereocenters. The molecule has 1 aliphatic rings. The Hall–Kier alpha value is -1.62. The van der Waals surface area contributed by atoms with Gasteiger partial charge in [-0.2, -0.15) is 0 Å². The third kappa shape index (κ3) is 5.71. The first-order valence-corrected chi connectivity index (χ1v) is 7.91. The SMILES string of the molecule is O=C(Cn1ccccc1=O)NCCNC1CCCCCC1. The summed E-state index contributed by atoms with van der Waals surface area (Å²) in [7, 11) is 0. The summed E-state index contributed by atoms with van der Waals surface area (Å²) >= 11 is 0. The maximum absolute atomic E-state index is 11.8. The van der Waals surface area contributed by atoms with Gasteiger partial charge in [-0.25, -0.2) is 0 Å². The summed E-state index contributed by atoms with van der Waals surface area (Å²) < 4.78 is 1.41. The maximum Gasteiger partial charge on any atom is 0.250 e. The second-order valence-electron chi connectivity index (χ2n) is 5.66. The Labute approximate surface area is 125 Å². The smallest absolute Gasteiger partial charge is 0.250 e. The van der Waals surface area contributed by atoms with Gasteiger partial charge in [0.2, 0.25) is 5.91 Å². The second kappa shape index (κ2) is 8.62. The molecule has 0 radical (unpaired) electrons. The predicted octanol–water partition coefficient (Wildman–Crippen LogP) is 1.28. The third-order valence-corrected chi connectivity index (χ3v) is 3.95. The van der Waals surface area contributed by atoms with Crippen LogP contribution in [0.15, 0.2) is 29.2 Å². The molecule has 0 bridgehead atoms. The lowest BCUT2D eigenvalue weighted by molar-refractivity contribution is -0.121. The number of pyridine rings is 1. The van der Waals surface area contributed by atoms with Crippen LogP contribution in [0.3, 0.4) is 0 Å². The van der Waals surface area contributed by atoms with Crippen molar-refractivity contribution in [1.82, 2.24) is 15.2 Å². The molecule has 2 rings (SSSR count). The lowest BCUT2D eigenvalue weighted by Crippen LogP contribution is -2.38. The van der Waals surface area contributed by atoms with E-state index in [1.807, 2.05) is 0 Å². The Morgan fingerprint density at radius 1 is 1.14 bits per heavy atom. The molecular formula is C16H25N3O2. The number of nitrogens with one attached hydrogen (secondary N) is 2. The molecule has 0 aromatic carbocycles. The molecule has 1 aliphatic carbocycles. The van der Waals surface area contributed by atoms with E-state index in [4.69, 9.17) is 0 Å². The molecule has 0 aliphatic heterocycles. The molecule has 5 nitrogen and oxygen atoms in total. The number of aromatic nitrogens is 1. The quantitative estimate of drug-likeness (QED) is 0.613. The summed E-state index contributed by atoms with van der Waals surface area (Å²) in [5.41, 5.74) is -0.149. The highest BCUT2D eigenvalue weighted by Crippen LogP contribution is 2.16. The molecule has 0 saturated heterocycles. The molecule has 0 atom stereocenters. The third-order valence-electron chi connectivity index (χ3n) is 3.95. The van der Waals surface area contributed by atoms with Gasteiger partial charge in [-0.1, -0.05) is 31.7 Å². The number of rotatable bonds is 6. The Kier molecular flexibility index (Phi) is 6.47. The van der Waals surface area contributed by atoms with Crippen molar-refractivity contribution in [3.8, 4) is 0 Å². The molecule has 1 saturated carbocycles. The second-order valence-corrected chi connectivity index (χ2v) is 5.66. The van der Waals surface area contributed by atoms with Crippen LogP contribution in [0.25, 0.3) is 0 Å². The van der Waals surface area contributed by atoms with E-state index < -0.39 is 0 Å². The zero-order valence-electron chi connectivity index (χ0n) is 12.5. The average molecular weight is 291 g/mol. The molecule has 21 heavy (non-hydrogen) atoms. The van der Waals surface area contributed by atoms with Crippen LogP contribution in [-0.2, 0) is 11.3 Å². The van der Waals surface area contributed by atoms with Crippen molar-refractivity contribution in [1.29, 1.82) is 0 Å². The highest BCUT2D eigenvalue weighted by Gasteiger charge is 2.11. The van der Waals surface area contributed by atoms with Crippen molar-refractivity contribution in [3.63, 3.8) is 0 Å². The van der Waals surface area contributed by atoms with Crippen molar-refractivity contribution in [2.24, 2.45) is 0 Å². The maximum atomic E-state index is 11.8. The van der Waals surface area contributed by atoms with Crippen molar-refractivity contribution >= 4 is 5.91 Å². The highest BCUT2D eigenvalue weighted by molar-refractivity contribution is 5.75. The Morgan fingerprint density at radius 2 is 1.90 bits per heavy atom. The van der Waals surface area contributed by atoms with Crippen LogP contribution in [0.4, 0.5) is 0 Å². The van der Waals surface area contributed by atoms with Gasteiger partial charge in [-0.05, 0) is 18.9 Å². The van der Waals surface area contributed by atoms with Crippen LogP contribution < -0.4 is 16.2 Å². The van der Waals surface area contributed by atoms with Crippen molar-refractivity contribution in [2.75, 3.05) is 13.1 Å². The molecule has 116 valence electrons. The summed E-state index contributed by atoms with van der Waals surface area (Å²) in [6.45, 7) is 1.49. The van der Waals surface area contributed by atoms with Crippen LogP contribution in [0.2, 0.25) is 0 Å². The van der Waals surface area contributed by atoms with Gasteiger partial charge in [0.15, 0.2) is 0 Å². The number of amides is 1. The zero-order chi connectivity index (χ0) is 14.9. The molecule has 1 aromatic heterocycles. The van der Waals surface area contributed by atoms with Gasteiger partial charge in [0.05, 0.1) is 0 Å². The molecule has 1 fully saturated rings. The normalized spacial score (nSPS) is 16.4. The molecule has 1 amide bonds. The van der Waals surface area contributed by atoms with Crippen LogP contribution in [0, 0.1) is 0 Å². The van der Waals surface area contributed by atoms with Gasteiger partial charge >= 0.3 is 0 Å². The van der Waals surface area contributed by atoms with Crippen LogP contribution in [-0.4, -0.2) is 29.6 Å². The Bertz CT molecular complexity index is 490. The van der Waals surface area contributed by atoms with E-state index in [0.29, 0.717) is 12.6 Å². The van der Waals surface area contributed by atoms with E-state index >= 15 is 0 Å². The highest BCUT2D eigenvalue weighted by atomic mass is 16.2. The van der Waals surface area contributed by atoms with Crippen LogP contribution in [0.5, 0.6) is 0 Å². The molecule has 1 heterocycles. The molecule has 2 N–H and O–H groups in total. The molecule has 0 spiro atoms. The first kappa shape index (κ1) is 15.8. The van der Waals surface area contributed by atoms with E-state index in [1.54, 1.807) is 18.3 Å². The standard InChI is InChI=1S/C16H25N3O2/c20-15(13-19-12-6-5-9-16(19)21)18-11-10-17-14-7-3-1-2-4-8-14/h5-6,9,12,14,17H,1-4,7-8,10-11,13H2,(H,18,20). The average Bonchev–Trinajstić information content (AvgIpc) is 2.75. The number of hydrogen-bond donors (Lipinski definition) is 2. The van der Waals surface area contributed by atoms with Gasteiger partial charge in [-0.3, -0.25) is 9.59 Å². The van der Waals surface area contributed by atoms with Gasteiger partial charge in [0.1, 0.15) is 6.54 Å². The minimum Gasteiger partial charge on any atom is -0.353 e. The lowest BCUT2D eigenvalue weighted by Gasteiger charge is -2.16. The lowest BCUT2D eigenvalue weighted by atomic mass is 10.1. The monoisotopic (exact) mass is 291 g/mol. The van der Waals surface area contributed by atoms with Gasteiger partial charge in [-0.15, -0.1) is 0 Å². The minimum atomic E-state index is -0.149. The summed E-state index contributed by atoms with van der Waals surface area (Å²) in [4.78, 5) is 23.3. The van der Waals surface area contributed by atoms with E-state index in [1.165, 1.54) is 49.2 Å². The summed E-state index contributed by atoms with van der Waals surface area (Å²) in [6.07, 6.45) is 9.43. The van der Waals surface area contributed by atoms with Gasteiger partial charge < -0.3 is 15.2 Å². The van der Waals surface area contributed by atoms with Gasteiger partial charge in [0.25, 0.3) is 5.56 Å². The van der Waals surface area contributed by atoms with Crippen LogP contribution in [0.1, 0.15) is 38.5 Å². The van der Waals surface area contributed by atoms with Crippen molar-refractivity contribution < 1.29 is 4.79 Å². The fraction of sp³-hybridized carbons (Fsp3) is 0.625. The van der Waals surface area contributed by atoms with E-state index in [9.17, 15) is 9.59 Å². The number of carbonyl (C=O) groups is 1. The van der Waals surface area contributed by atoms with E-state index in [-0.39, 0.29) is 18.0 Å². The summed E-state index contributed by atoms with van der Waals surface area (Å²) in [5, 5.41) is 6.36. The number of nitrogens with zero attached hydrogens (tertiary/aromatic N) is 1.